The van der Waals surface area contributed by atoms with E-state index in [1.165, 1.54) is 6.07 Å². The van der Waals surface area contributed by atoms with Crippen LogP contribution in [0.3, 0.4) is 0 Å². The first kappa shape index (κ1) is 14.6. The molecule has 110 valence electrons. The summed E-state index contributed by atoms with van der Waals surface area (Å²) in [7, 11) is 1.59. The second-order valence-corrected chi connectivity index (χ2v) is 4.42. The Morgan fingerprint density at radius 3 is 2.81 bits per heavy atom. The summed E-state index contributed by atoms with van der Waals surface area (Å²) >= 11 is 0. The maximum atomic E-state index is 11.7. The highest BCUT2D eigenvalue weighted by Crippen LogP contribution is 2.13. The Morgan fingerprint density at radius 1 is 1.33 bits per heavy atom. The lowest BCUT2D eigenvalue weighted by atomic mass is 10.1. The van der Waals surface area contributed by atoms with Gasteiger partial charge in [-0.15, -0.1) is 0 Å². The normalized spacial score (nSPS) is 11.2. The number of amides is 1. The van der Waals surface area contributed by atoms with E-state index in [4.69, 9.17) is 4.74 Å². The van der Waals surface area contributed by atoms with Crippen LogP contribution in [0.25, 0.3) is 0 Å². The second kappa shape index (κ2) is 6.56. The van der Waals surface area contributed by atoms with Crippen LogP contribution in [0.15, 0.2) is 40.2 Å². The Morgan fingerprint density at radius 2 is 2.14 bits per heavy atom. The number of hydrogen-bond acceptors (Lipinski definition) is 4. The van der Waals surface area contributed by atoms with Crippen molar-refractivity contribution in [2.45, 2.75) is 13.3 Å². The van der Waals surface area contributed by atoms with Gasteiger partial charge in [-0.2, -0.15) is 5.10 Å². The molecule has 1 aromatic heterocycles. The third kappa shape index (κ3) is 4.07. The van der Waals surface area contributed by atoms with Crippen LogP contribution in [0.1, 0.15) is 18.2 Å². The minimum Gasteiger partial charge on any atom is -0.497 e. The first-order valence-corrected chi connectivity index (χ1v) is 6.32. The fourth-order valence-electron chi connectivity index (χ4n) is 1.74. The van der Waals surface area contributed by atoms with Gasteiger partial charge >= 0.3 is 0 Å². The maximum Gasteiger partial charge on any atom is 0.264 e. The molecule has 21 heavy (non-hydrogen) atoms. The van der Waals surface area contributed by atoms with Crippen LogP contribution in [0.2, 0.25) is 0 Å². The number of aromatic nitrogens is 2. The number of methoxy groups -OCH3 is 1. The average Bonchev–Trinajstić information content (AvgIpc) is 2.90. The van der Waals surface area contributed by atoms with Gasteiger partial charge in [0.15, 0.2) is 0 Å². The fourth-order valence-corrected chi connectivity index (χ4v) is 1.74. The number of nitrogens with one attached hydrogen (secondary N) is 3. The van der Waals surface area contributed by atoms with Gasteiger partial charge in [0, 0.05) is 17.3 Å². The van der Waals surface area contributed by atoms with E-state index in [2.05, 4.69) is 20.7 Å². The highest BCUT2D eigenvalue weighted by atomic mass is 16.5. The number of hydrazone groups is 1. The molecule has 2 rings (SSSR count). The molecule has 0 atom stereocenters. The Balaban J connectivity index is 1.99. The van der Waals surface area contributed by atoms with Crippen LogP contribution in [-0.2, 0) is 11.2 Å². The van der Waals surface area contributed by atoms with Crippen molar-refractivity contribution in [3.05, 3.63) is 51.9 Å². The Bertz CT molecular complexity index is 715. The van der Waals surface area contributed by atoms with E-state index in [9.17, 15) is 9.59 Å². The van der Waals surface area contributed by atoms with E-state index in [-0.39, 0.29) is 17.9 Å². The van der Waals surface area contributed by atoms with Gasteiger partial charge in [0.1, 0.15) is 5.75 Å². The molecule has 0 saturated carbocycles. The quantitative estimate of drug-likeness (QED) is 0.560. The lowest BCUT2D eigenvalue weighted by molar-refractivity contribution is -0.120. The molecule has 0 bridgehead atoms. The molecule has 0 unspecified atom stereocenters. The maximum absolute atomic E-state index is 11.7. The number of aromatic amines is 2. The third-order valence-electron chi connectivity index (χ3n) is 2.84. The molecule has 7 heteroatoms. The highest BCUT2D eigenvalue weighted by molar-refractivity contribution is 5.99. The Hall–Kier alpha value is -2.83. The number of carbonyl (C=O) groups excluding carboxylic acids is 1. The average molecular weight is 288 g/mol. The highest BCUT2D eigenvalue weighted by Gasteiger charge is 2.05. The third-order valence-corrected chi connectivity index (χ3v) is 2.84. The Kier molecular flexibility index (Phi) is 4.55. The van der Waals surface area contributed by atoms with Crippen molar-refractivity contribution >= 4 is 11.6 Å². The summed E-state index contributed by atoms with van der Waals surface area (Å²) in [6.45, 7) is 1.78. The summed E-state index contributed by atoms with van der Waals surface area (Å²) in [6, 6.07) is 8.71. The predicted octanol–water partition coefficient (Wildman–Crippen LogP) is 0.794. The SMILES string of the molecule is COc1cccc(/C(C)=N/NC(=O)Cc2cc(=O)[nH][nH]2)c1. The van der Waals surface area contributed by atoms with E-state index in [1.54, 1.807) is 14.0 Å². The summed E-state index contributed by atoms with van der Waals surface area (Å²) in [5.74, 6) is 0.408. The van der Waals surface area contributed by atoms with Gasteiger partial charge in [-0.1, -0.05) is 12.1 Å². The zero-order valence-corrected chi connectivity index (χ0v) is 11.8. The van der Waals surface area contributed by atoms with Gasteiger partial charge in [-0.25, -0.2) is 5.43 Å². The molecule has 0 aliphatic heterocycles. The van der Waals surface area contributed by atoms with Crippen molar-refractivity contribution in [3.63, 3.8) is 0 Å². The van der Waals surface area contributed by atoms with Gasteiger partial charge in [0.25, 0.3) is 5.56 Å². The van der Waals surface area contributed by atoms with Crippen LogP contribution in [0, 0.1) is 0 Å². The lowest BCUT2D eigenvalue weighted by Crippen LogP contribution is -2.21. The molecule has 0 fully saturated rings. The molecule has 0 saturated heterocycles. The summed E-state index contributed by atoms with van der Waals surface area (Å²) in [6.07, 6.45) is 0.0492. The standard InChI is InChI=1S/C14H16N4O3/c1-9(10-4-3-5-12(6-10)21-2)15-17-13(19)7-11-8-14(20)18-16-11/h3-6,8H,7H2,1-2H3,(H,17,19)(H2,16,18,20)/b15-9+. The van der Waals surface area contributed by atoms with Gasteiger partial charge in [-0.3, -0.25) is 14.7 Å². The van der Waals surface area contributed by atoms with Crippen LogP contribution < -0.4 is 15.7 Å². The van der Waals surface area contributed by atoms with Crippen molar-refractivity contribution in [1.29, 1.82) is 0 Å². The number of ether oxygens (including phenoxy) is 1. The summed E-state index contributed by atoms with van der Waals surface area (Å²) in [5, 5.41) is 9.01. The zero-order valence-electron chi connectivity index (χ0n) is 11.8. The van der Waals surface area contributed by atoms with E-state index in [0.717, 1.165) is 11.3 Å². The number of nitrogens with zero attached hydrogens (tertiary/aromatic N) is 1. The van der Waals surface area contributed by atoms with E-state index in [0.29, 0.717) is 11.4 Å². The van der Waals surface area contributed by atoms with Crippen molar-refractivity contribution < 1.29 is 9.53 Å². The van der Waals surface area contributed by atoms with E-state index >= 15 is 0 Å². The van der Waals surface area contributed by atoms with Gasteiger partial charge < -0.3 is 9.84 Å². The molecule has 0 aliphatic carbocycles. The largest absolute Gasteiger partial charge is 0.497 e. The molecule has 0 aliphatic rings. The number of benzene rings is 1. The minimum atomic E-state index is -0.313. The van der Waals surface area contributed by atoms with Crippen LogP contribution in [0.5, 0.6) is 5.75 Å². The van der Waals surface area contributed by atoms with Crippen molar-refractivity contribution in [2.24, 2.45) is 5.10 Å². The molecule has 1 aromatic carbocycles. The molecule has 1 heterocycles. The monoisotopic (exact) mass is 288 g/mol. The summed E-state index contributed by atoms with van der Waals surface area (Å²) < 4.78 is 5.13. The van der Waals surface area contributed by atoms with Crippen LogP contribution in [-0.4, -0.2) is 28.9 Å². The predicted molar refractivity (Wildman–Crippen MR) is 78.5 cm³/mol. The summed E-state index contributed by atoms with van der Waals surface area (Å²) in [5.41, 5.74) is 4.19. The molecule has 3 N–H and O–H groups in total. The van der Waals surface area contributed by atoms with Crippen molar-refractivity contribution in [1.82, 2.24) is 15.6 Å². The number of rotatable bonds is 5. The molecule has 0 spiro atoms. The molecular formula is C14H16N4O3. The first-order chi connectivity index (χ1) is 10.1. The van der Waals surface area contributed by atoms with Gasteiger partial charge in [-0.05, 0) is 19.1 Å². The number of H-pyrrole nitrogens is 2. The zero-order chi connectivity index (χ0) is 15.2. The molecule has 2 aromatic rings. The van der Waals surface area contributed by atoms with E-state index < -0.39 is 0 Å². The van der Waals surface area contributed by atoms with Crippen LogP contribution >= 0.6 is 0 Å². The summed E-state index contributed by atoms with van der Waals surface area (Å²) in [4.78, 5) is 22.6. The van der Waals surface area contributed by atoms with Crippen LogP contribution in [0.4, 0.5) is 0 Å². The van der Waals surface area contributed by atoms with E-state index in [1.807, 2.05) is 24.3 Å². The lowest BCUT2D eigenvalue weighted by Gasteiger charge is -2.04. The molecule has 0 radical (unpaired) electrons. The first-order valence-electron chi connectivity index (χ1n) is 6.32. The Labute approximate surface area is 121 Å². The van der Waals surface area contributed by atoms with Crippen molar-refractivity contribution in [3.8, 4) is 5.75 Å². The minimum absolute atomic E-state index is 0.0492. The van der Waals surface area contributed by atoms with Gasteiger partial charge in [0.05, 0.1) is 19.2 Å². The fraction of sp³-hybridized carbons (Fsp3) is 0.214. The molecular weight excluding hydrogens is 272 g/mol. The molecule has 1 amide bonds. The van der Waals surface area contributed by atoms with Crippen molar-refractivity contribution in [2.75, 3.05) is 7.11 Å². The second-order valence-electron chi connectivity index (χ2n) is 4.42. The molecule has 7 nitrogen and oxygen atoms in total. The topological polar surface area (TPSA) is 99.3 Å². The van der Waals surface area contributed by atoms with Gasteiger partial charge in [0.2, 0.25) is 5.91 Å². The number of hydrogen-bond donors (Lipinski definition) is 3. The smallest absolute Gasteiger partial charge is 0.264 e. The number of carbonyl (C=O) groups is 1.